The van der Waals surface area contributed by atoms with Gasteiger partial charge < -0.3 is 14.8 Å². The Kier molecular flexibility index (Phi) is 5.09. The second-order valence-electron chi connectivity index (χ2n) is 5.73. The molecule has 3 rings (SSSR count). The van der Waals surface area contributed by atoms with E-state index < -0.39 is 0 Å². The Morgan fingerprint density at radius 2 is 2.18 bits per heavy atom. The van der Waals surface area contributed by atoms with Crippen molar-refractivity contribution in [2.75, 3.05) is 19.8 Å². The summed E-state index contributed by atoms with van der Waals surface area (Å²) >= 11 is 0. The zero-order valence-corrected chi connectivity index (χ0v) is 13.0. The minimum atomic E-state index is 0.410. The number of hydrogen-bond donors (Lipinski definition) is 1. The summed E-state index contributed by atoms with van der Waals surface area (Å²) in [5.74, 6) is 0.960. The molecule has 1 aliphatic rings. The maximum Gasteiger partial charge on any atom is 0.129 e. The van der Waals surface area contributed by atoms with Gasteiger partial charge in [0.25, 0.3) is 0 Å². The fourth-order valence-corrected chi connectivity index (χ4v) is 3.05. The van der Waals surface area contributed by atoms with E-state index in [0.717, 1.165) is 25.4 Å². The first-order chi connectivity index (χ1) is 10.9. The van der Waals surface area contributed by atoms with E-state index in [1.165, 1.54) is 29.2 Å². The van der Waals surface area contributed by atoms with Gasteiger partial charge in [-0.1, -0.05) is 43.0 Å². The Morgan fingerprint density at radius 1 is 1.27 bits per heavy atom. The first kappa shape index (κ1) is 15.1. The van der Waals surface area contributed by atoms with E-state index in [-0.39, 0.29) is 0 Å². The molecule has 0 amide bonds. The van der Waals surface area contributed by atoms with Crippen LogP contribution in [0.15, 0.2) is 49.1 Å². The van der Waals surface area contributed by atoms with Crippen LogP contribution in [0.1, 0.15) is 18.4 Å². The number of ether oxygens (including phenoxy) is 2. The summed E-state index contributed by atoms with van der Waals surface area (Å²) in [6.07, 6.45) is 4.58. The van der Waals surface area contributed by atoms with Gasteiger partial charge in [0.1, 0.15) is 31.5 Å². The third-order valence-corrected chi connectivity index (χ3v) is 4.16. The lowest BCUT2D eigenvalue weighted by Crippen LogP contribution is -2.84. The van der Waals surface area contributed by atoms with E-state index in [4.69, 9.17) is 9.47 Å². The van der Waals surface area contributed by atoms with E-state index in [2.05, 4.69) is 48.3 Å². The molecule has 0 unspecified atom stereocenters. The minimum absolute atomic E-state index is 0.410. The number of fused-ring (bicyclic) bond motifs is 1. The van der Waals surface area contributed by atoms with Gasteiger partial charge in [0.2, 0.25) is 0 Å². The Labute approximate surface area is 131 Å². The highest BCUT2D eigenvalue weighted by molar-refractivity contribution is 5.87. The van der Waals surface area contributed by atoms with Crippen molar-refractivity contribution >= 4 is 10.8 Å². The monoisotopic (exact) mass is 298 g/mol. The fraction of sp³-hybridized carbons (Fsp3) is 0.368. The van der Waals surface area contributed by atoms with Crippen molar-refractivity contribution in [3.05, 3.63) is 54.6 Å². The molecule has 0 spiro atoms. The molecule has 1 fully saturated rings. The Morgan fingerprint density at radius 3 is 3.00 bits per heavy atom. The van der Waals surface area contributed by atoms with Crippen molar-refractivity contribution in [3.63, 3.8) is 0 Å². The van der Waals surface area contributed by atoms with E-state index in [1.54, 1.807) is 6.08 Å². The Hall–Kier alpha value is -1.84. The summed E-state index contributed by atoms with van der Waals surface area (Å²) in [6.45, 7) is 7.12. The van der Waals surface area contributed by atoms with E-state index in [1.807, 2.05) is 0 Å². The first-order valence-corrected chi connectivity index (χ1v) is 8.06. The minimum Gasteiger partial charge on any atom is -0.489 e. The topological polar surface area (TPSA) is 35.1 Å². The first-order valence-electron chi connectivity index (χ1n) is 8.06. The van der Waals surface area contributed by atoms with Crippen LogP contribution in [0, 0.1) is 0 Å². The normalized spacial score (nSPS) is 17.7. The van der Waals surface area contributed by atoms with Gasteiger partial charge in [-0.2, -0.15) is 0 Å². The van der Waals surface area contributed by atoms with Gasteiger partial charge >= 0.3 is 0 Å². The maximum absolute atomic E-state index is 5.85. The second kappa shape index (κ2) is 7.43. The van der Waals surface area contributed by atoms with Crippen LogP contribution < -0.4 is 10.1 Å². The molecule has 1 saturated heterocycles. The number of benzene rings is 2. The molecule has 0 saturated carbocycles. The third kappa shape index (κ3) is 3.49. The number of quaternary nitrogens is 1. The summed E-state index contributed by atoms with van der Waals surface area (Å²) in [5, 5.41) is 4.86. The van der Waals surface area contributed by atoms with Crippen molar-refractivity contribution in [1.29, 1.82) is 0 Å². The van der Waals surface area contributed by atoms with Crippen LogP contribution in [0.3, 0.4) is 0 Å². The smallest absolute Gasteiger partial charge is 0.129 e. The SMILES string of the molecule is C=CCOc1ccc2ccccc2c1C[NH2+]C[C@@H]1CCCO1. The largest absolute Gasteiger partial charge is 0.489 e. The summed E-state index contributed by atoms with van der Waals surface area (Å²) in [4.78, 5) is 0. The average Bonchev–Trinajstić information content (AvgIpc) is 3.07. The van der Waals surface area contributed by atoms with Gasteiger partial charge in [-0.3, -0.25) is 0 Å². The summed E-state index contributed by atoms with van der Waals surface area (Å²) < 4.78 is 11.5. The molecule has 2 N–H and O–H groups in total. The van der Waals surface area contributed by atoms with E-state index in [0.29, 0.717) is 12.7 Å². The Balaban J connectivity index is 1.78. The molecule has 2 aromatic carbocycles. The molecule has 0 radical (unpaired) electrons. The van der Waals surface area contributed by atoms with E-state index in [9.17, 15) is 0 Å². The van der Waals surface area contributed by atoms with Crippen molar-refractivity contribution < 1.29 is 14.8 Å². The summed E-state index contributed by atoms with van der Waals surface area (Å²) in [6, 6.07) is 12.7. The van der Waals surface area contributed by atoms with Gasteiger partial charge in [0.05, 0.1) is 5.56 Å². The van der Waals surface area contributed by atoms with Gasteiger partial charge in [0, 0.05) is 6.61 Å². The number of rotatable bonds is 7. The van der Waals surface area contributed by atoms with Crippen LogP contribution in [-0.4, -0.2) is 25.9 Å². The van der Waals surface area contributed by atoms with Gasteiger partial charge in [0.15, 0.2) is 0 Å². The van der Waals surface area contributed by atoms with Crippen molar-refractivity contribution in [1.82, 2.24) is 0 Å². The molecule has 2 aromatic rings. The van der Waals surface area contributed by atoms with Crippen molar-refractivity contribution in [2.45, 2.75) is 25.5 Å². The van der Waals surface area contributed by atoms with Crippen LogP contribution in [-0.2, 0) is 11.3 Å². The molecule has 1 atom stereocenters. The summed E-state index contributed by atoms with van der Waals surface area (Å²) in [5.41, 5.74) is 1.26. The lowest BCUT2D eigenvalue weighted by atomic mass is 10.0. The van der Waals surface area contributed by atoms with Crippen LogP contribution in [0.2, 0.25) is 0 Å². The Bertz CT molecular complexity index is 632. The van der Waals surface area contributed by atoms with Crippen molar-refractivity contribution in [2.24, 2.45) is 0 Å². The average molecular weight is 298 g/mol. The predicted molar refractivity (Wildman–Crippen MR) is 89.1 cm³/mol. The lowest BCUT2D eigenvalue weighted by Gasteiger charge is -2.14. The van der Waals surface area contributed by atoms with E-state index >= 15 is 0 Å². The van der Waals surface area contributed by atoms with Crippen LogP contribution in [0.5, 0.6) is 5.75 Å². The third-order valence-electron chi connectivity index (χ3n) is 4.16. The zero-order chi connectivity index (χ0) is 15.2. The molecule has 22 heavy (non-hydrogen) atoms. The van der Waals surface area contributed by atoms with Gasteiger partial charge in [-0.15, -0.1) is 0 Å². The van der Waals surface area contributed by atoms with Crippen LogP contribution >= 0.6 is 0 Å². The maximum atomic E-state index is 5.85. The summed E-state index contributed by atoms with van der Waals surface area (Å²) in [7, 11) is 0. The van der Waals surface area contributed by atoms with Crippen molar-refractivity contribution in [3.8, 4) is 5.75 Å². The molecule has 116 valence electrons. The molecule has 0 bridgehead atoms. The standard InChI is InChI=1S/C19H23NO2/c1-2-11-22-19-10-9-15-6-3-4-8-17(15)18(19)14-20-13-16-7-5-12-21-16/h2-4,6,8-10,16,20H,1,5,7,11-14H2/p+1/t16-/m0/s1. The highest BCUT2D eigenvalue weighted by Crippen LogP contribution is 2.27. The quantitative estimate of drug-likeness (QED) is 0.798. The highest BCUT2D eigenvalue weighted by Gasteiger charge is 2.18. The number of nitrogens with two attached hydrogens (primary N) is 1. The molecule has 1 aliphatic heterocycles. The molecule has 1 heterocycles. The van der Waals surface area contributed by atoms with Gasteiger partial charge in [-0.25, -0.2) is 0 Å². The number of hydrogen-bond acceptors (Lipinski definition) is 2. The highest BCUT2D eigenvalue weighted by atomic mass is 16.5. The van der Waals surface area contributed by atoms with Crippen LogP contribution in [0.4, 0.5) is 0 Å². The molecule has 0 aromatic heterocycles. The molecule has 0 aliphatic carbocycles. The molecule has 3 nitrogen and oxygen atoms in total. The second-order valence-corrected chi connectivity index (χ2v) is 5.73. The molecule has 3 heteroatoms. The molecular weight excluding hydrogens is 274 g/mol. The lowest BCUT2D eigenvalue weighted by molar-refractivity contribution is -0.676. The fourth-order valence-electron chi connectivity index (χ4n) is 3.05. The van der Waals surface area contributed by atoms with Crippen LogP contribution in [0.25, 0.3) is 10.8 Å². The molecular formula is C19H24NO2+. The van der Waals surface area contributed by atoms with Gasteiger partial charge in [-0.05, 0) is 29.7 Å². The predicted octanol–water partition coefficient (Wildman–Crippen LogP) is 2.65. The zero-order valence-electron chi connectivity index (χ0n) is 13.0.